The first kappa shape index (κ1) is 34.7. The van der Waals surface area contributed by atoms with Gasteiger partial charge >= 0.3 is 19.5 Å². The van der Waals surface area contributed by atoms with Gasteiger partial charge in [-0.3, -0.25) is 23.2 Å². The fourth-order valence-electron chi connectivity index (χ4n) is 3.56. The number of ether oxygens (including phenoxy) is 2. The lowest BCUT2D eigenvalue weighted by Crippen LogP contribution is -2.25. The smallest absolute Gasteiger partial charge is 0.340 e. The molecule has 44 heavy (non-hydrogen) atoms. The van der Waals surface area contributed by atoms with Gasteiger partial charge in [0.25, 0.3) is 0 Å². The predicted octanol–water partition coefficient (Wildman–Crippen LogP) is 6.15. The van der Waals surface area contributed by atoms with Crippen LogP contribution in [0.4, 0.5) is 17.5 Å². The van der Waals surface area contributed by atoms with Crippen LogP contribution in [-0.4, -0.2) is 51.2 Å². The number of anilines is 3. The number of fused-ring (bicyclic) bond motifs is 1. The van der Waals surface area contributed by atoms with E-state index >= 15 is 0 Å². The summed E-state index contributed by atoms with van der Waals surface area (Å²) < 4.78 is 36.1. The zero-order valence-electron chi connectivity index (χ0n) is 26.6. The number of nitrogens with one attached hydrogen (secondary N) is 1. The first-order chi connectivity index (χ1) is 20.5. The van der Waals surface area contributed by atoms with Crippen molar-refractivity contribution in [3.63, 3.8) is 0 Å². The zero-order valence-corrected chi connectivity index (χ0v) is 27.5. The summed E-state index contributed by atoms with van der Waals surface area (Å²) in [6.45, 7) is 13.5. The fourth-order valence-corrected chi connectivity index (χ4v) is 4.68. The predicted molar refractivity (Wildman–Crippen MR) is 168 cm³/mol. The van der Waals surface area contributed by atoms with Crippen molar-refractivity contribution in [2.45, 2.75) is 67.9 Å². The largest absolute Gasteiger partial charge is 0.438 e. The van der Waals surface area contributed by atoms with Crippen LogP contribution in [0.25, 0.3) is 11.2 Å². The third-order valence-corrected chi connectivity index (χ3v) is 7.88. The minimum atomic E-state index is -3.88. The summed E-state index contributed by atoms with van der Waals surface area (Å²) in [5.41, 5.74) is 7.54. The van der Waals surface area contributed by atoms with Crippen LogP contribution in [0, 0.1) is 10.8 Å². The van der Waals surface area contributed by atoms with Crippen LogP contribution in [0.5, 0.6) is 0 Å². The van der Waals surface area contributed by atoms with E-state index in [0.29, 0.717) is 29.4 Å². The SMILES string of the molecule is CC(C)c1ccc(Nc2nc(N)nc3c2ncn3C/C=C/CP(=O)(OCOC(=O)C(C)(C)C)OCOC(=O)C(C)(C)C)cc1. The second kappa shape index (κ2) is 14.3. The molecule has 0 saturated carbocycles. The summed E-state index contributed by atoms with van der Waals surface area (Å²) in [4.78, 5) is 37.3. The van der Waals surface area contributed by atoms with Gasteiger partial charge in [0.1, 0.15) is 0 Å². The summed E-state index contributed by atoms with van der Waals surface area (Å²) in [5, 5.41) is 3.26. The molecule has 0 aliphatic heterocycles. The third kappa shape index (κ3) is 9.87. The van der Waals surface area contributed by atoms with E-state index in [1.807, 2.05) is 24.3 Å². The highest BCUT2D eigenvalue weighted by atomic mass is 31.2. The molecule has 13 nitrogen and oxygen atoms in total. The number of carbonyl (C=O) groups excluding carboxylic acids is 2. The van der Waals surface area contributed by atoms with E-state index in [1.165, 1.54) is 5.56 Å². The maximum Gasteiger partial charge on any atom is 0.340 e. The van der Waals surface area contributed by atoms with Crippen molar-refractivity contribution in [2.24, 2.45) is 10.8 Å². The zero-order chi connectivity index (χ0) is 32.7. The number of nitrogens with two attached hydrogens (primary N) is 1. The highest BCUT2D eigenvalue weighted by molar-refractivity contribution is 7.54. The number of hydrogen-bond acceptors (Lipinski definition) is 12. The molecule has 3 aromatic rings. The Labute approximate surface area is 258 Å². The standard InChI is InChI=1S/C30H43N6O7P/c1-20(2)21-11-13-22(14-12-21)33-24-23-25(35-28(31)34-24)36(17-32-23)15-9-10-16-44(39,42-18-40-26(37)29(3,4)5)43-19-41-27(38)30(6,7)8/h9-14,17,20H,15-16,18-19H2,1-8H3,(H3,31,33,34,35)/b10-9+. The molecule has 240 valence electrons. The van der Waals surface area contributed by atoms with E-state index in [1.54, 1.807) is 64.6 Å². The van der Waals surface area contributed by atoms with Crippen LogP contribution in [0.15, 0.2) is 42.7 Å². The minimum absolute atomic E-state index is 0.0745. The summed E-state index contributed by atoms with van der Waals surface area (Å²) >= 11 is 0. The Balaban J connectivity index is 1.70. The monoisotopic (exact) mass is 630 g/mol. The van der Waals surface area contributed by atoms with E-state index in [9.17, 15) is 14.2 Å². The van der Waals surface area contributed by atoms with Gasteiger partial charge in [0.2, 0.25) is 19.5 Å². The Morgan fingerprint density at radius 1 is 0.955 bits per heavy atom. The van der Waals surface area contributed by atoms with Crippen LogP contribution in [0.2, 0.25) is 0 Å². The van der Waals surface area contributed by atoms with Crippen molar-refractivity contribution in [2.75, 3.05) is 30.8 Å². The molecule has 2 aromatic heterocycles. The molecule has 1 aromatic carbocycles. The number of esters is 2. The second-order valence-corrected chi connectivity index (χ2v) is 14.6. The Morgan fingerprint density at radius 3 is 2.05 bits per heavy atom. The molecule has 0 aliphatic rings. The van der Waals surface area contributed by atoms with Crippen molar-refractivity contribution in [1.29, 1.82) is 0 Å². The van der Waals surface area contributed by atoms with E-state index < -0.39 is 44.0 Å². The van der Waals surface area contributed by atoms with Crippen LogP contribution < -0.4 is 11.1 Å². The van der Waals surface area contributed by atoms with Gasteiger partial charge in [0.15, 0.2) is 17.0 Å². The summed E-state index contributed by atoms with van der Waals surface area (Å²) in [6, 6.07) is 8.03. The molecule has 3 N–H and O–H groups in total. The van der Waals surface area contributed by atoms with E-state index in [0.717, 1.165) is 5.69 Å². The van der Waals surface area contributed by atoms with E-state index in [4.69, 9.17) is 24.3 Å². The number of nitrogens with zero attached hydrogens (tertiary/aromatic N) is 4. The van der Waals surface area contributed by atoms with Crippen molar-refractivity contribution in [3.8, 4) is 0 Å². The highest BCUT2D eigenvalue weighted by Crippen LogP contribution is 2.48. The number of imidazole rings is 1. The molecule has 2 heterocycles. The van der Waals surface area contributed by atoms with E-state index in [-0.39, 0.29) is 12.1 Å². The highest BCUT2D eigenvalue weighted by Gasteiger charge is 2.29. The quantitative estimate of drug-likeness (QED) is 0.0957. The first-order valence-corrected chi connectivity index (χ1v) is 15.9. The van der Waals surface area contributed by atoms with Gasteiger partial charge in [0, 0.05) is 12.2 Å². The Hall–Kier alpha value is -3.80. The van der Waals surface area contributed by atoms with Gasteiger partial charge in [-0.1, -0.05) is 38.1 Å². The fraction of sp³-hybridized carbons (Fsp3) is 0.500. The molecule has 14 heteroatoms. The number of carbonyl (C=O) groups is 2. The van der Waals surface area contributed by atoms with Crippen LogP contribution in [0.3, 0.4) is 0 Å². The topological polar surface area (TPSA) is 170 Å². The average Bonchev–Trinajstić information content (AvgIpc) is 3.33. The molecular weight excluding hydrogens is 587 g/mol. The van der Waals surface area contributed by atoms with Gasteiger partial charge in [0.05, 0.1) is 23.3 Å². The van der Waals surface area contributed by atoms with Gasteiger partial charge < -0.3 is 25.1 Å². The molecule has 0 radical (unpaired) electrons. The molecule has 0 saturated heterocycles. The van der Waals surface area contributed by atoms with Crippen LogP contribution in [-0.2, 0) is 39.2 Å². The molecule has 0 aliphatic carbocycles. The van der Waals surface area contributed by atoms with Crippen molar-refractivity contribution < 1.29 is 32.7 Å². The van der Waals surface area contributed by atoms with Gasteiger partial charge in [-0.2, -0.15) is 9.97 Å². The number of hydrogen-bond donors (Lipinski definition) is 2. The van der Waals surface area contributed by atoms with Crippen molar-refractivity contribution in [3.05, 3.63) is 48.3 Å². The number of nitrogen functional groups attached to an aromatic ring is 1. The van der Waals surface area contributed by atoms with Gasteiger partial charge in [-0.05, 0) is 65.2 Å². The van der Waals surface area contributed by atoms with Crippen LogP contribution in [0.1, 0.15) is 66.9 Å². The number of benzene rings is 1. The maximum atomic E-state index is 13.4. The number of aromatic nitrogens is 4. The molecule has 0 spiro atoms. The molecule has 0 bridgehead atoms. The number of rotatable bonds is 13. The summed E-state index contributed by atoms with van der Waals surface area (Å²) in [6.07, 6.45) is 4.72. The molecule has 0 atom stereocenters. The van der Waals surface area contributed by atoms with E-state index in [2.05, 4.69) is 34.1 Å². The molecular formula is C30H43N6O7P. The Bertz CT molecular complexity index is 1490. The lowest BCUT2D eigenvalue weighted by atomic mass is 9.98. The molecule has 0 fully saturated rings. The minimum Gasteiger partial charge on any atom is -0.438 e. The van der Waals surface area contributed by atoms with Crippen LogP contribution >= 0.6 is 7.60 Å². The molecule has 3 rings (SSSR count). The van der Waals surface area contributed by atoms with Gasteiger partial charge in [-0.15, -0.1) is 0 Å². The second-order valence-electron chi connectivity index (χ2n) is 12.5. The maximum absolute atomic E-state index is 13.4. The lowest BCUT2D eigenvalue weighted by molar-refractivity contribution is -0.161. The van der Waals surface area contributed by atoms with Crippen molar-refractivity contribution >= 4 is 48.2 Å². The summed E-state index contributed by atoms with van der Waals surface area (Å²) in [7, 11) is -3.88. The lowest BCUT2D eigenvalue weighted by Gasteiger charge is -2.21. The normalized spacial score (nSPS) is 12.7. The Morgan fingerprint density at radius 2 is 1.52 bits per heavy atom. The first-order valence-electron chi connectivity index (χ1n) is 14.2. The summed E-state index contributed by atoms with van der Waals surface area (Å²) in [5.74, 6) is -0.112. The average molecular weight is 631 g/mol. The molecule has 0 unspecified atom stereocenters. The molecule has 0 amide bonds. The number of allylic oxidation sites excluding steroid dienone is 2. The Kier molecular flexibility index (Phi) is 11.3. The van der Waals surface area contributed by atoms with Crippen molar-refractivity contribution in [1.82, 2.24) is 19.5 Å². The third-order valence-electron chi connectivity index (χ3n) is 6.22. The van der Waals surface area contributed by atoms with Gasteiger partial charge in [-0.25, -0.2) is 4.98 Å².